The molecule has 0 amide bonds. The van der Waals surface area contributed by atoms with Crippen LogP contribution in [0.25, 0.3) is 11.0 Å². The summed E-state index contributed by atoms with van der Waals surface area (Å²) in [4.78, 5) is 19.8. The van der Waals surface area contributed by atoms with Crippen LogP contribution < -0.4 is 0 Å². The highest BCUT2D eigenvalue weighted by Crippen LogP contribution is 2.11. The molecule has 0 radical (unpaired) electrons. The maximum atomic E-state index is 11.6. The van der Waals surface area contributed by atoms with Crippen LogP contribution in [0.5, 0.6) is 0 Å². The van der Waals surface area contributed by atoms with Gasteiger partial charge < -0.3 is 0 Å². The van der Waals surface area contributed by atoms with Crippen LogP contribution in [-0.2, 0) is 0 Å². The lowest BCUT2D eigenvalue weighted by atomic mass is 10.2. The zero-order chi connectivity index (χ0) is 10.8. The maximum absolute atomic E-state index is 11.6. The van der Waals surface area contributed by atoms with Crippen LogP contribution in [0, 0.1) is 0 Å². The van der Waals surface area contributed by atoms with Gasteiger partial charge in [0.2, 0.25) is 0 Å². The number of nitrogens with zero attached hydrogens (tertiary/aromatic N) is 2. The molecule has 0 N–H and O–H groups in total. The molecule has 1 unspecified atom stereocenters. The second-order valence-corrected chi connectivity index (χ2v) is 4.60. The molecule has 1 aromatic carbocycles. The van der Waals surface area contributed by atoms with E-state index >= 15 is 0 Å². The molecule has 0 aliphatic heterocycles. The summed E-state index contributed by atoms with van der Waals surface area (Å²) in [5.41, 5.74) is 1.95. The molecule has 0 bridgehead atoms. The number of rotatable bonds is 2. The number of hydrogen-bond acceptors (Lipinski definition) is 3. The Labute approximate surface area is 95.7 Å². The predicted molar refractivity (Wildman–Crippen MR) is 62.3 cm³/mol. The van der Waals surface area contributed by atoms with Gasteiger partial charge in [-0.1, -0.05) is 28.1 Å². The van der Waals surface area contributed by atoms with E-state index in [1.54, 1.807) is 6.92 Å². The van der Waals surface area contributed by atoms with Crippen molar-refractivity contribution >= 4 is 32.7 Å². The van der Waals surface area contributed by atoms with Crippen LogP contribution in [-0.4, -0.2) is 20.6 Å². The largest absolute Gasteiger partial charge is 0.291 e. The van der Waals surface area contributed by atoms with Gasteiger partial charge in [0, 0.05) is 0 Å². The fraction of sp³-hybridized carbons (Fsp3) is 0.182. The lowest BCUT2D eigenvalue weighted by Gasteiger charge is -2.02. The number of ketones is 1. The summed E-state index contributed by atoms with van der Waals surface area (Å²) in [6.45, 7) is 1.78. The first kappa shape index (κ1) is 10.2. The van der Waals surface area contributed by atoms with Crippen molar-refractivity contribution < 1.29 is 4.79 Å². The van der Waals surface area contributed by atoms with Gasteiger partial charge in [0.25, 0.3) is 0 Å². The molecule has 0 aliphatic carbocycles. The van der Waals surface area contributed by atoms with Crippen molar-refractivity contribution in [2.45, 2.75) is 11.8 Å². The molecule has 3 nitrogen and oxygen atoms in total. The lowest BCUT2D eigenvalue weighted by Crippen LogP contribution is -2.12. The average Bonchev–Trinajstić information content (AvgIpc) is 2.27. The van der Waals surface area contributed by atoms with Crippen molar-refractivity contribution in [2.24, 2.45) is 0 Å². The van der Waals surface area contributed by atoms with Crippen LogP contribution >= 0.6 is 15.9 Å². The van der Waals surface area contributed by atoms with Crippen molar-refractivity contribution in [3.05, 3.63) is 36.2 Å². The highest BCUT2D eigenvalue weighted by atomic mass is 79.9. The highest BCUT2D eigenvalue weighted by Gasteiger charge is 2.13. The van der Waals surface area contributed by atoms with Crippen LogP contribution in [0.2, 0.25) is 0 Å². The zero-order valence-electron chi connectivity index (χ0n) is 8.14. The van der Waals surface area contributed by atoms with Crippen molar-refractivity contribution in [1.82, 2.24) is 9.97 Å². The first-order valence-corrected chi connectivity index (χ1v) is 5.50. The Bertz CT molecular complexity index is 511. The van der Waals surface area contributed by atoms with Gasteiger partial charge >= 0.3 is 0 Å². The van der Waals surface area contributed by atoms with Crippen molar-refractivity contribution in [1.29, 1.82) is 0 Å². The molecule has 0 saturated heterocycles. The number of aromatic nitrogens is 2. The summed E-state index contributed by atoms with van der Waals surface area (Å²) in [5, 5.41) is 0. The second-order valence-electron chi connectivity index (χ2n) is 3.22. The average molecular weight is 265 g/mol. The Morgan fingerprint density at radius 2 is 2.00 bits per heavy atom. The smallest absolute Gasteiger partial charge is 0.196 e. The molecular weight excluding hydrogens is 256 g/mol. The van der Waals surface area contributed by atoms with Crippen LogP contribution in [0.1, 0.15) is 17.4 Å². The number of benzene rings is 1. The topological polar surface area (TPSA) is 42.9 Å². The Morgan fingerprint density at radius 1 is 1.33 bits per heavy atom. The Balaban J connectivity index is 2.52. The highest BCUT2D eigenvalue weighted by molar-refractivity contribution is 9.10. The van der Waals surface area contributed by atoms with E-state index in [0.717, 1.165) is 11.0 Å². The van der Waals surface area contributed by atoms with Crippen molar-refractivity contribution in [3.63, 3.8) is 0 Å². The molecule has 1 aromatic heterocycles. The van der Waals surface area contributed by atoms with Gasteiger partial charge in [0.15, 0.2) is 5.78 Å². The molecular formula is C11H9BrN2O. The summed E-state index contributed by atoms with van der Waals surface area (Å²) in [6.07, 6.45) is 1.52. The Morgan fingerprint density at radius 3 is 2.67 bits per heavy atom. The van der Waals surface area contributed by atoms with Gasteiger partial charge in [-0.2, -0.15) is 0 Å². The monoisotopic (exact) mass is 264 g/mol. The van der Waals surface area contributed by atoms with Gasteiger partial charge in [-0.05, 0) is 19.1 Å². The normalized spacial score (nSPS) is 12.7. The third-order valence-corrected chi connectivity index (χ3v) is 2.48. The fourth-order valence-corrected chi connectivity index (χ4v) is 1.51. The number of para-hydroxylation sites is 2. The second kappa shape index (κ2) is 4.06. The van der Waals surface area contributed by atoms with Gasteiger partial charge in [0.05, 0.1) is 22.1 Å². The quantitative estimate of drug-likeness (QED) is 0.619. The molecule has 76 valence electrons. The molecule has 0 fully saturated rings. The number of hydrogen-bond donors (Lipinski definition) is 0. The summed E-state index contributed by atoms with van der Waals surface area (Å²) in [5.74, 6) is -0.0479. The molecule has 1 heterocycles. The number of Topliss-reactive ketones (excluding diaryl/α,β-unsaturated/α-hetero) is 1. The van der Waals surface area contributed by atoms with E-state index in [1.165, 1.54) is 6.20 Å². The first-order chi connectivity index (χ1) is 7.18. The summed E-state index contributed by atoms with van der Waals surface area (Å²) in [6, 6.07) is 7.49. The van der Waals surface area contributed by atoms with E-state index in [0.29, 0.717) is 5.69 Å². The minimum absolute atomic E-state index is 0.0479. The molecule has 0 aliphatic rings. The molecule has 15 heavy (non-hydrogen) atoms. The number of halogens is 1. The minimum Gasteiger partial charge on any atom is -0.291 e. The van der Waals surface area contributed by atoms with E-state index < -0.39 is 0 Å². The minimum atomic E-state index is -0.229. The summed E-state index contributed by atoms with van der Waals surface area (Å²) >= 11 is 3.22. The zero-order valence-corrected chi connectivity index (χ0v) is 9.73. The third kappa shape index (κ3) is 2.04. The lowest BCUT2D eigenvalue weighted by molar-refractivity contribution is 0.0991. The number of alkyl halides is 1. The summed E-state index contributed by atoms with van der Waals surface area (Å²) in [7, 11) is 0. The molecule has 4 heteroatoms. The van der Waals surface area contributed by atoms with E-state index in [2.05, 4.69) is 25.9 Å². The van der Waals surface area contributed by atoms with Crippen LogP contribution in [0.15, 0.2) is 30.5 Å². The number of carbonyl (C=O) groups is 1. The van der Waals surface area contributed by atoms with Gasteiger partial charge in [0.1, 0.15) is 5.69 Å². The fourth-order valence-electron chi connectivity index (χ4n) is 1.28. The summed E-state index contributed by atoms with van der Waals surface area (Å²) < 4.78 is 0. The van der Waals surface area contributed by atoms with E-state index in [-0.39, 0.29) is 10.6 Å². The van der Waals surface area contributed by atoms with Crippen molar-refractivity contribution in [3.8, 4) is 0 Å². The Kier molecular flexibility index (Phi) is 2.77. The van der Waals surface area contributed by atoms with Gasteiger partial charge in [-0.15, -0.1) is 0 Å². The van der Waals surface area contributed by atoms with E-state index in [9.17, 15) is 4.79 Å². The van der Waals surface area contributed by atoms with Gasteiger partial charge in [-0.3, -0.25) is 9.78 Å². The standard InChI is InChI=1S/C11H9BrN2O/c1-7(12)11(15)10-6-13-8-4-2-3-5-9(8)14-10/h2-7H,1H3. The molecule has 2 aromatic rings. The van der Waals surface area contributed by atoms with E-state index in [4.69, 9.17) is 0 Å². The number of carbonyl (C=O) groups excluding carboxylic acids is 1. The van der Waals surface area contributed by atoms with Gasteiger partial charge in [-0.25, -0.2) is 4.98 Å². The Hall–Kier alpha value is -1.29. The third-order valence-electron chi connectivity index (χ3n) is 2.06. The van der Waals surface area contributed by atoms with Crippen LogP contribution in [0.3, 0.4) is 0 Å². The maximum Gasteiger partial charge on any atom is 0.196 e. The van der Waals surface area contributed by atoms with E-state index in [1.807, 2.05) is 24.3 Å². The van der Waals surface area contributed by atoms with Crippen LogP contribution in [0.4, 0.5) is 0 Å². The van der Waals surface area contributed by atoms with Crippen molar-refractivity contribution in [2.75, 3.05) is 0 Å². The predicted octanol–water partition coefficient (Wildman–Crippen LogP) is 2.60. The molecule has 0 spiro atoms. The molecule has 2 rings (SSSR count). The first-order valence-electron chi connectivity index (χ1n) is 4.58. The molecule has 1 atom stereocenters. The SMILES string of the molecule is CC(Br)C(=O)c1cnc2ccccc2n1. The molecule has 0 saturated carbocycles. The number of fused-ring (bicyclic) bond motifs is 1.